The number of hydrogen-bond acceptors (Lipinski definition) is 2. The van der Waals surface area contributed by atoms with Gasteiger partial charge in [-0.3, -0.25) is 0 Å². The van der Waals surface area contributed by atoms with E-state index in [0.29, 0.717) is 10.5 Å². The van der Waals surface area contributed by atoms with Gasteiger partial charge in [0.2, 0.25) is 0 Å². The number of hydrogen-bond donors (Lipinski definition) is 0. The zero-order valence-electron chi connectivity index (χ0n) is 14.3. The highest BCUT2D eigenvalue weighted by molar-refractivity contribution is 7.90. The van der Waals surface area contributed by atoms with Crippen LogP contribution in [0.5, 0.6) is 0 Å². The lowest BCUT2D eigenvalue weighted by Gasteiger charge is -2.39. The lowest BCUT2D eigenvalue weighted by atomic mass is 9.66. The van der Waals surface area contributed by atoms with E-state index in [2.05, 4.69) is 0 Å². The molecule has 0 heterocycles. The molecule has 4 rings (SSSR count). The fourth-order valence-electron chi connectivity index (χ4n) is 4.20. The van der Waals surface area contributed by atoms with Crippen molar-refractivity contribution in [1.29, 1.82) is 0 Å². The standard InChI is InChI=1S/C21H21FO2S/c1-25(23,24)16-9-7-15(8-10-16)18-13-21(11-4-12-21)14-19(18)17-5-2-3-6-20(17)22/h2-3,5-10H,4,11-14H2,1H3. The number of benzene rings is 2. The molecule has 2 aromatic rings. The summed E-state index contributed by atoms with van der Waals surface area (Å²) in [6.45, 7) is 0. The summed E-state index contributed by atoms with van der Waals surface area (Å²) in [5.41, 5.74) is 4.24. The minimum Gasteiger partial charge on any atom is -0.224 e. The molecule has 0 aliphatic heterocycles. The first-order chi connectivity index (χ1) is 11.9. The van der Waals surface area contributed by atoms with Crippen molar-refractivity contribution in [3.05, 3.63) is 65.5 Å². The molecule has 1 fully saturated rings. The molecule has 0 bridgehead atoms. The lowest BCUT2D eigenvalue weighted by molar-refractivity contribution is 0.157. The van der Waals surface area contributed by atoms with Crippen LogP contribution in [-0.4, -0.2) is 14.7 Å². The smallest absolute Gasteiger partial charge is 0.175 e. The Kier molecular flexibility index (Phi) is 3.84. The summed E-state index contributed by atoms with van der Waals surface area (Å²) in [5, 5.41) is 0. The predicted molar refractivity (Wildman–Crippen MR) is 98.3 cm³/mol. The van der Waals surface area contributed by atoms with Gasteiger partial charge in [-0.15, -0.1) is 0 Å². The van der Waals surface area contributed by atoms with Crippen LogP contribution < -0.4 is 0 Å². The van der Waals surface area contributed by atoms with E-state index in [1.165, 1.54) is 37.2 Å². The molecule has 0 radical (unpaired) electrons. The Labute approximate surface area is 148 Å². The van der Waals surface area contributed by atoms with Gasteiger partial charge in [-0.25, -0.2) is 12.8 Å². The van der Waals surface area contributed by atoms with Gasteiger partial charge in [-0.1, -0.05) is 36.8 Å². The van der Waals surface area contributed by atoms with Crippen molar-refractivity contribution in [3.63, 3.8) is 0 Å². The zero-order chi connectivity index (χ0) is 17.7. The van der Waals surface area contributed by atoms with E-state index in [-0.39, 0.29) is 11.2 Å². The van der Waals surface area contributed by atoms with Gasteiger partial charge in [0.1, 0.15) is 5.82 Å². The summed E-state index contributed by atoms with van der Waals surface area (Å²) in [7, 11) is -3.21. The van der Waals surface area contributed by atoms with Gasteiger partial charge in [0.05, 0.1) is 4.90 Å². The van der Waals surface area contributed by atoms with E-state index in [1.807, 2.05) is 24.3 Å². The van der Waals surface area contributed by atoms with Gasteiger partial charge in [0, 0.05) is 11.8 Å². The Morgan fingerprint density at radius 3 is 2.12 bits per heavy atom. The largest absolute Gasteiger partial charge is 0.224 e. The first-order valence-corrected chi connectivity index (χ1v) is 10.5. The quantitative estimate of drug-likeness (QED) is 0.766. The van der Waals surface area contributed by atoms with Crippen molar-refractivity contribution in [3.8, 4) is 0 Å². The van der Waals surface area contributed by atoms with E-state index in [4.69, 9.17) is 0 Å². The second kappa shape index (κ2) is 5.80. The maximum atomic E-state index is 14.4. The van der Waals surface area contributed by atoms with Crippen molar-refractivity contribution < 1.29 is 12.8 Å². The van der Waals surface area contributed by atoms with Crippen molar-refractivity contribution in [2.24, 2.45) is 5.41 Å². The molecule has 0 atom stereocenters. The zero-order valence-corrected chi connectivity index (χ0v) is 15.1. The number of rotatable bonds is 3. The molecule has 0 saturated heterocycles. The third-order valence-electron chi connectivity index (χ3n) is 5.71. The Balaban J connectivity index is 1.80. The summed E-state index contributed by atoms with van der Waals surface area (Å²) < 4.78 is 37.8. The number of allylic oxidation sites excluding steroid dienone is 2. The van der Waals surface area contributed by atoms with Gasteiger partial charge in [-0.05, 0) is 66.0 Å². The summed E-state index contributed by atoms with van der Waals surface area (Å²) in [6, 6.07) is 14.0. The molecule has 0 N–H and O–H groups in total. The summed E-state index contributed by atoms with van der Waals surface area (Å²) in [4.78, 5) is 0.320. The molecule has 1 spiro atoms. The fraction of sp³-hybridized carbons (Fsp3) is 0.333. The molecule has 25 heavy (non-hydrogen) atoms. The Morgan fingerprint density at radius 2 is 1.56 bits per heavy atom. The Morgan fingerprint density at radius 1 is 0.920 bits per heavy atom. The summed E-state index contributed by atoms with van der Waals surface area (Å²) >= 11 is 0. The minimum absolute atomic E-state index is 0.181. The van der Waals surface area contributed by atoms with Gasteiger partial charge in [-0.2, -0.15) is 0 Å². The van der Waals surface area contributed by atoms with E-state index in [0.717, 1.165) is 24.0 Å². The van der Waals surface area contributed by atoms with Crippen molar-refractivity contribution >= 4 is 21.0 Å². The summed E-state index contributed by atoms with van der Waals surface area (Å²) in [6.07, 6.45) is 6.70. The minimum atomic E-state index is -3.21. The van der Waals surface area contributed by atoms with Crippen LogP contribution >= 0.6 is 0 Å². The average molecular weight is 356 g/mol. The monoisotopic (exact) mass is 356 g/mol. The molecule has 2 aliphatic rings. The number of sulfone groups is 1. The predicted octanol–water partition coefficient (Wildman–Crippen LogP) is 5.10. The van der Waals surface area contributed by atoms with E-state index in [1.54, 1.807) is 18.2 Å². The fourth-order valence-corrected chi connectivity index (χ4v) is 4.83. The molecule has 0 aromatic heterocycles. The molecular formula is C21H21FO2S. The molecule has 4 heteroatoms. The number of halogens is 1. The van der Waals surface area contributed by atoms with E-state index < -0.39 is 9.84 Å². The first kappa shape index (κ1) is 16.5. The molecule has 0 amide bonds. The second-order valence-corrected chi connectivity index (χ2v) is 9.46. The molecule has 2 aromatic carbocycles. The molecule has 0 unspecified atom stereocenters. The summed E-state index contributed by atoms with van der Waals surface area (Å²) in [5.74, 6) is -0.181. The lowest BCUT2D eigenvalue weighted by Crippen LogP contribution is -2.26. The van der Waals surface area contributed by atoms with Crippen molar-refractivity contribution in [1.82, 2.24) is 0 Å². The van der Waals surface area contributed by atoms with Crippen LogP contribution in [0.1, 0.15) is 43.2 Å². The molecule has 130 valence electrons. The van der Waals surface area contributed by atoms with E-state index >= 15 is 0 Å². The highest BCUT2D eigenvalue weighted by Crippen LogP contribution is 2.59. The maximum Gasteiger partial charge on any atom is 0.175 e. The van der Waals surface area contributed by atoms with Crippen LogP contribution in [0, 0.1) is 11.2 Å². The van der Waals surface area contributed by atoms with Gasteiger partial charge in [0.15, 0.2) is 9.84 Å². The maximum absolute atomic E-state index is 14.4. The van der Waals surface area contributed by atoms with Crippen LogP contribution in [0.15, 0.2) is 53.4 Å². The van der Waals surface area contributed by atoms with Crippen LogP contribution in [0.2, 0.25) is 0 Å². The van der Waals surface area contributed by atoms with Crippen molar-refractivity contribution in [2.75, 3.05) is 6.26 Å². The second-order valence-electron chi connectivity index (χ2n) is 7.44. The van der Waals surface area contributed by atoms with Crippen molar-refractivity contribution in [2.45, 2.75) is 37.0 Å². The highest BCUT2D eigenvalue weighted by Gasteiger charge is 2.44. The van der Waals surface area contributed by atoms with Gasteiger partial charge < -0.3 is 0 Å². The van der Waals surface area contributed by atoms with Crippen LogP contribution in [0.3, 0.4) is 0 Å². The normalized spacial score (nSPS) is 19.3. The Hall–Kier alpha value is -1.94. The van der Waals surface area contributed by atoms with Crippen LogP contribution in [0.4, 0.5) is 4.39 Å². The molecule has 1 saturated carbocycles. The first-order valence-electron chi connectivity index (χ1n) is 8.65. The molecule has 2 aliphatic carbocycles. The average Bonchev–Trinajstić information content (AvgIpc) is 2.96. The molecule has 2 nitrogen and oxygen atoms in total. The SMILES string of the molecule is CS(=O)(=O)c1ccc(C2=C(c3ccccc3F)CC3(CCC3)C2)cc1. The Bertz CT molecular complexity index is 952. The topological polar surface area (TPSA) is 34.1 Å². The third-order valence-corrected chi connectivity index (χ3v) is 6.84. The van der Waals surface area contributed by atoms with Crippen LogP contribution in [-0.2, 0) is 9.84 Å². The van der Waals surface area contributed by atoms with E-state index in [9.17, 15) is 12.8 Å². The molecular weight excluding hydrogens is 335 g/mol. The third kappa shape index (κ3) is 2.93. The van der Waals surface area contributed by atoms with Crippen LogP contribution in [0.25, 0.3) is 11.1 Å². The highest BCUT2D eigenvalue weighted by atomic mass is 32.2. The van der Waals surface area contributed by atoms with Gasteiger partial charge in [0.25, 0.3) is 0 Å². The van der Waals surface area contributed by atoms with Gasteiger partial charge >= 0.3 is 0 Å².